The molecule has 8 heteroatoms. The molecule has 0 aromatic carbocycles. The van der Waals surface area contributed by atoms with Crippen LogP contribution >= 0.6 is 0 Å². The molecule has 0 spiro atoms. The molecule has 0 saturated carbocycles. The lowest BCUT2D eigenvalue weighted by Crippen LogP contribution is -2.42. The van der Waals surface area contributed by atoms with E-state index in [0.29, 0.717) is 13.1 Å². The van der Waals surface area contributed by atoms with Gasteiger partial charge < -0.3 is 19.7 Å². The highest BCUT2D eigenvalue weighted by atomic mass is 16.5. The topological polar surface area (TPSA) is 99.5 Å². The molecule has 0 fully saturated rings. The number of ether oxygens (including phenoxy) is 2. The average Bonchev–Trinajstić information content (AvgIpc) is 2.51. The van der Waals surface area contributed by atoms with Crippen LogP contribution in [0.15, 0.2) is 25.3 Å². The number of hydrogen-bond donors (Lipinski definition) is 2. The van der Waals surface area contributed by atoms with Crippen molar-refractivity contribution < 1.29 is 29.3 Å². The fraction of sp³-hybridized carbons (Fsp3) is 0.538. The van der Waals surface area contributed by atoms with E-state index in [0.717, 1.165) is 12.2 Å². The Balaban J connectivity index is 4.04. The summed E-state index contributed by atoms with van der Waals surface area (Å²) in [5.41, 5.74) is 0. The largest absolute Gasteiger partial charge is 0.461 e. The maximum Gasteiger partial charge on any atom is 0.330 e. The average molecular weight is 302 g/mol. The number of aliphatic hydroxyl groups excluding tert-OH is 2. The summed E-state index contributed by atoms with van der Waals surface area (Å²) in [5, 5.41) is 18.4. The lowest BCUT2D eigenvalue weighted by Gasteiger charge is -2.27. The van der Waals surface area contributed by atoms with Crippen molar-refractivity contribution in [2.45, 2.75) is 0 Å². The van der Waals surface area contributed by atoms with Crippen LogP contribution in [0.25, 0.3) is 0 Å². The Morgan fingerprint density at radius 2 is 1.29 bits per heavy atom. The standard InChI is InChI=1S/C13H22N2O6/c1-3-12(18)20-7-5-14(10-16)9-15(11-17)6-8-21-13(19)4-2/h3-4,16-17H,1-2,5-11H2. The number of hydrogen-bond acceptors (Lipinski definition) is 8. The molecule has 8 nitrogen and oxygen atoms in total. The van der Waals surface area contributed by atoms with Gasteiger partial charge in [0.25, 0.3) is 0 Å². The maximum absolute atomic E-state index is 10.9. The van der Waals surface area contributed by atoms with Crippen LogP contribution in [0.3, 0.4) is 0 Å². The Morgan fingerprint density at radius 1 is 0.905 bits per heavy atom. The smallest absolute Gasteiger partial charge is 0.330 e. The van der Waals surface area contributed by atoms with Crippen molar-refractivity contribution >= 4 is 11.9 Å². The second kappa shape index (κ2) is 12.0. The van der Waals surface area contributed by atoms with Gasteiger partial charge >= 0.3 is 11.9 Å². The van der Waals surface area contributed by atoms with Crippen LogP contribution < -0.4 is 0 Å². The number of carbonyl (C=O) groups is 2. The van der Waals surface area contributed by atoms with Crippen molar-refractivity contribution in [2.75, 3.05) is 46.4 Å². The fourth-order valence-electron chi connectivity index (χ4n) is 1.32. The van der Waals surface area contributed by atoms with Gasteiger partial charge in [0, 0.05) is 25.2 Å². The van der Waals surface area contributed by atoms with E-state index in [2.05, 4.69) is 13.2 Å². The van der Waals surface area contributed by atoms with Crippen LogP contribution in [-0.4, -0.2) is 78.4 Å². The van der Waals surface area contributed by atoms with Crippen molar-refractivity contribution in [1.29, 1.82) is 0 Å². The predicted molar refractivity (Wildman–Crippen MR) is 74.8 cm³/mol. The van der Waals surface area contributed by atoms with Crippen LogP contribution in [0.5, 0.6) is 0 Å². The van der Waals surface area contributed by atoms with Gasteiger partial charge in [0.05, 0.1) is 20.1 Å². The van der Waals surface area contributed by atoms with Gasteiger partial charge in [-0.05, 0) is 0 Å². The van der Waals surface area contributed by atoms with Crippen molar-refractivity contribution in [3.8, 4) is 0 Å². The number of aliphatic hydroxyl groups is 2. The van der Waals surface area contributed by atoms with Crippen LogP contribution in [0.4, 0.5) is 0 Å². The molecule has 0 aliphatic rings. The Bertz CT molecular complexity index is 316. The first kappa shape index (κ1) is 19.3. The molecule has 0 aromatic rings. The summed E-state index contributed by atoms with van der Waals surface area (Å²) in [4.78, 5) is 24.8. The van der Waals surface area contributed by atoms with Crippen LogP contribution in [0, 0.1) is 0 Å². The normalized spacial score (nSPS) is 10.5. The molecule has 0 saturated heterocycles. The second-order valence-corrected chi connectivity index (χ2v) is 3.96. The summed E-state index contributed by atoms with van der Waals surface area (Å²) >= 11 is 0. The Labute approximate surface area is 123 Å². The van der Waals surface area contributed by atoms with Gasteiger partial charge in [-0.2, -0.15) is 0 Å². The predicted octanol–water partition coefficient (Wildman–Crippen LogP) is -1.09. The summed E-state index contributed by atoms with van der Waals surface area (Å²) in [6, 6.07) is 0. The molecular formula is C13H22N2O6. The van der Waals surface area contributed by atoms with E-state index in [1.807, 2.05) is 0 Å². The zero-order valence-electron chi connectivity index (χ0n) is 11.9. The summed E-state index contributed by atoms with van der Waals surface area (Å²) < 4.78 is 9.59. The Morgan fingerprint density at radius 3 is 1.57 bits per heavy atom. The molecule has 0 aliphatic carbocycles. The molecule has 0 heterocycles. The van der Waals surface area contributed by atoms with Crippen molar-refractivity contribution in [3.63, 3.8) is 0 Å². The highest BCUT2D eigenvalue weighted by Crippen LogP contribution is 1.95. The minimum atomic E-state index is -0.539. The van der Waals surface area contributed by atoms with Crippen molar-refractivity contribution in [2.24, 2.45) is 0 Å². The van der Waals surface area contributed by atoms with Crippen LogP contribution in [0.1, 0.15) is 0 Å². The van der Waals surface area contributed by atoms with Gasteiger partial charge in [-0.1, -0.05) is 13.2 Å². The summed E-state index contributed by atoms with van der Waals surface area (Å²) in [7, 11) is 0. The SMILES string of the molecule is C=CC(=O)OCCN(CO)CN(CO)CCOC(=O)C=C. The molecule has 0 unspecified atom stereocenters. The van der Waals surface area contributed by atoms with E-state index >= 15 is 0 Å². The minimum Gasteiger partial charge on any atom is -0.461 e. The molecule has 0 rings (SSSR count). The number of rotatable bonds is 12. The molecule has 0 bridgehead atoms. The Kier molecular flexibility index (Phi) is 11.0. The van der Waals surface area contributed by atoms with E-state index in [4.69, 9.17) is 9.47 Å². The molecule has 0 radical (unpaired) electrons. The maximum atomic E-state index is 10.9. The highest BCUT2D eigenvalue weighted by molar-refractivity contribution is 5.81. The van der Waals surface area contributed by atoms with Gasteiger partial charge in [0.2, 0.25) is 0 Å². The van der Waals surface area contributed by atoms with Crippen LogP contribution in [-0.2, 0) is 19.1 Å². The number of carbonyl (C=O) groups excluding carboxylic acids is 2. The van der Waals surface area contributed by atoms with Gasteiger partial charge in [-0.3, -0.25) is 9.80 Å². The highest BCUT2D eigenvalue weighted by Gasteiger charge is 2.11. The first-order chi connectivity index (χ1) is 10.1. The van der Waals surface area contributed by atoms with Gasteiger partial charge in [0.15, 0.2) is 0 Å². The van der Waals surface area contributed by atoms with E-state index in [1.165, 1.54) is 0 Å². The number of nitrogens with zero attached hydrogens (tertiary/aromatic N) is 2. The van der Waals surface area contributed by atoms with E-state index in [1.54, 1.807) is 9.80 Å². The third-order valence-electron chi connectivity index (χ3n) is 2.44. The molecular weight excluding hydrogens is 280 g/mol. The second-order valence-electron chi connectivity index (χ2n) is 3.96. The minimum absolute atomic E-state index is 0.0934. The molecule has 0 atom stereocenters. The van der Waals surface area contributed by atoms with Crippen molar-refractivity contribution in [3.05, 3.63) is 25.3 Å². The van der Waals surface area contributed by atoms with E-state index < -0.39 is 11.9 Å². The Hall–Kier alpha value is -1.74. The summed E-state index contributed by atoms with van der Waals surface area (Å²) in [6.45, 7) is 6.99. The van der Waals surface area contributed by atoms with Gasteiger partial charge in [-0.15, -0.1) is 0 Å². The van der Waals surface area contributed by atoms with Crippen LogP contribution in [0.2, 0.25) is 0 Å². The zero-order valence-corrected chi connectivity index (χ0v) is 11.9. The number of esters is 2. The van der Waals surface area contributed by atoms with Gasteiger partial charge in [0.1, 0.15) is 13.2 Å². The third-order valence-corrected chi connectivity index (χ3v) is 2.44. The quantitative estimate of drug-likeness (QED) is 0.266. The van der Waals surface area contributed by atoms with Gasteiger partial charge in [-0.25, -0.2) is 9.59 Å². The van der Waals surface area contributed by atoms with Crippen molar-refractivity contribution in [1.82, 2.24) is 9.80 Å². The fourth-order valence-corrected chi connectivity index (χ4v) is 1.32. The molecule has 0 aliphatic heterocycles. The third kappa shape index (κ3) is 9.74. The summed E-state index contributed by atoms with van der Waals surface area (Å²) in [6.07, 6.45) is 2.11. The molecule has 21 heavy (non-hydrogen) atoms. The first-order valence-corrected chi connectivity index (χ1v) is 6.32. The lowest BCUT2D eigenvalue weighted by molar-refractivity contribution is -0.138. The molecule has 2 N–H and O–H groups in total. The van der Waals surface area contributed by atoms with E-state index in [-0.39, 0.29) is 33.3 Å². The monoisotopic (exact) mass is 302 g/mol. The molecule has 0 aromatic heterocycles. The first-order valence-electron chi connectivity index (χ1n) is 6.32. The molecule has 0 amide bonds. The van der Waals surface area contributed by atoms with E-state index in [9.17, 15) is 19.8 Å². The zero-order chi connectivity index (χ0) is 16.1. The summed E-state index contributed by atoms with van der Waals surface area (Å²) in [5.74, 6) is -1.08. The lowest BCUT2D eigenvalue weighted by atomic mass is 10.5. The molecule has 120 valence electrons.